The van der Waals surface area contributed by atoms with Crippen molar-refractivity contribution in [2.75, 3.05) is 27.2 Å². The van der Waals surface area contributed by atoms with Gasteiger partial charge < -0.3 is 39.2 Å². The number of ether oxygens (including phenoxy) is 5. The molecule has 0 aromatic heterocycles. The Kier molecular flexibility index (Phi) is 12.7. The molecule has 0 aliphatic carbocycles. The Bertz CT molecular complexity index is 1060. The summed E-state index contributed by atoms with van der Waals surface area (Å²) in [5, 5.41) is 6.50. The molecule has 3 rings (SSSR count). The van der Waals surface area contributed by atoms with Crippen molar-refractivity contribution < 1.29 is 38.1 Å². The molecule has 45 heavy (non-hydrogen) atoms. The Morgan fingerprint density at radius 1 is 1.09 bits per heavy atom. The summed E-state index contributed by atoms with van der Waals surface area (Å²) in [6, 6.07) is -0.463. The number of nitrogens with zero attached hydrogens (tertiary/aromatic N) is 1. The molecule has 11 heteroatoms. The van der Waals surface area contributed by atoms with Gasteiger partial charge in [0.25, 0.3) is 0 Å². The van der Waals surface area contributed by atoms with Crippen molar-refractivity contribution in [2.24, 2.45) is 23.7 Å². The third kappa shape index (κ3) is 8.27. The van der Waals surface area contributed by atoms with Gasteiger partial charge in [-0.25, -0.2) is 4.79 Å². The molecule has 0 radical (unpaired) electrons. The van der Waals surface area contributed by atoms with Gasteiger partial charge in [0.1, 0.15) is 12.0 Å². The minimum atomic E-state index is -1.13. The average molecular weight is 638 g/mol. The fourth-order valence-electron chi connectivity index (χ4n) is 7.65. The van der Waals surface area contributed by atoms with Crippen LogP contribution in [-0.4, -0.2) is 104 Å². The summed E-state index contributed by atoms with van der Waals surface area (Å²) in [5.41, 5.74) is -2.08. The van der Waals surface area contributed by atoms with E-state index in [2.05, 4.69) is 50.1 Å². The van der Waals surface area contributed by atoms with Gasteiger partial charge in [-0.1, -0.05) is 33.8 Å². The molecular formula is C34H59N3O8. The molecule has 3 heterocycles. The lowest BCUT2D eigenvalue weighted by Gasteiger charge is -2.47. The number of ketones is 1. The van der Waals surface area contributed by atoms with E-state index in [1.165, 1.54) is 0 Å². The van der Waals surface area contributed by atoms with Crippen molar-refractivity contribution in [3.63, 3.8) is 0 Å². The van der Waals surface area contributed by atoms with Crippen LogP contribution in [0.1, 0.15) is 81.6 Å². The third-order valence-corrected chi connectivity index (χ3v) is 10.3. The highest BCUT2D eigenvalue weighted by atomic mass is 16.7. The molecule has 2 N–H and O–H groups in total. The number of Topliss-reactive ketones (excluding diaryl/α,β-unsaturated/α-hetero) is 1. The van der Waals surface area contributed by atoms with E-state index in [0.29, 0.717) is 19.4 Å². The largest absolute Gasteiger partial charge is 0.458 e. The number of amides is 1. The van der Waals surface area contributed by atoms with Crippen LogP contribution >= 0.6 is 0 Å². The summed E-state index contributed by atoms with van der Waals surface area (Å²) >= 11 is 0. The fraction of sp³-hybridized carbons (Fsp3) is 0.853. The topological polar surface area (TPSA) is 125 Å². The Morgan fingerprint density at radius 2 is 1.76 bits per heavy atom. The number of rotatable bonds is 7. The molecule has 3 aliphatic rings. The van der Waals surface area contributed by atoms with Crippen LogP contribution < -0.4 is 10.6 Å². The zero-order valence-electron chi connectivity index (χ0n) is 29.4. The zero-order chi connectivity index (χ0) is 33.9. The van der Waals surface area contributed by atoms with Crippen LogP contribution in [0.25, 0.3) is 0 Å². The summed E-state index contributed by atoms with van der Waals surface area (Å²) in [6.45, 7) is 22.0. The number of nitrogens with one attached hydrogen (secondary N) is 2. The van der Waals surface area contributed by atoms with Crippen molar-refractivity contribution in [3.8, 4) is 0 Å². The lowest BCUT2D eigenvalue weighted by molar-refractivity contribution is -0.282. The number of alkyl carbamates (subject to hydrolysis) is 1. The van der Waals surface area contributed by atoms with E-state index in [9.17, 15) is 14.4 Å². The SMILES string of the molecule is C=CCO[C@]1(C)C[C@@H](C)CN[C@H](C)[C@H]2NC(=O)O[C@]2(C)[C@@H](CC)OC(=O)[C@H](C)C(=O)[C@H](C)[C@H]1O[C@@H]1OC(C)CC(N(C)C)C1C. The summed E-state index contributed by atoms with van der Waals surface area (Å²) < 4.78 is 31.6. The van der Waals surface area contributed by atoms with Crippen molar-refractivity contribution in [1.82, 2.24) is 15.5 Å². The molecule has 3 fully saturated rings. The number of carbonyl (C=O) groups excluding carboxylic acids is 3. The van der Waals surface area contributed by atoms with Crippen LogP contribution in [0.5, 0.6) is 0 Å². The highest BCUT2D eigenvalue weighted by Crippen LogP contribution is 2.39. The number of carbonyl (C=O) groups is 3. The molecule has 11 nitrogen and oxygen atoms in total. The maximum Gasteiger partial charge on any atom is 0.408 e. The first-order valence-electron chi connectivity index (χ1n) is 16.7. The van der Waals surface area contributed by atoms with Crippen molar-refractivity contribution in [1.29, 1.82) is 0 Å². The smallest absolute Gasteiger partial charge is 0.408 e. The van der Waals surface area contributed by atoms with E-state index in [-0.39, 0.29) is 42.4 Å². The van der Waals surface area contributed by atoms with E-state index in [4.69, 9.17) is 23.7 Å². The highest BCUT2D eigenvalue weighted by Gasteiger charge is 2.55. The third-order valence-electron chi connectivity index (χ3n) is 10.3. The van der Waals surface area contributed by atoms with Crippen LogP contribution in [0.15, 0.2) is 12.7 Å². The Labute approximate surface area is 270 Å². The molecule has 13 atom stereocenters. The molecular weight excluding hydrogens is 578 g/mol. The lowest BCUT2D eigenvalue weighted by atomic mass is 9.78. The molecule has 0 saturated carbocycles. The summed E-state index contributed by atoms with van der Waals surface area (Å²) in [7, 11) is 4.11. The molecule has 0 aromatic rings. The predicted octanol–water partition coefficient (Wildman–Crippen LogP) is 4.08. The van der Waals surface area contributed by atoms with Gasteiger partial charge in [0.2, 0.25) is 0 Å². The second-order valence-electron chi connectivity index (χ2n) is 14.4. The first-order chi connectivity index (χ1) is 21.0. The molecule has 1 amide bonds. The zero-order valence-corrected chi connectivity index (χ0v) is 29.4. The van der Waals surface area contributed by atoms with Crippen LogP contribution in [0.2, 0.25) is 0 Å². The van der Waals surface area contributed by atoms with Crippen LogP contribution in [-0.2, 0) is 33.3 Å². The van der Waals surface area contributed by atoms with Crippen LogP contribution in [0.3, 0.4) is 0 Å². The Hall–Kier alpha value is -2.05. The predicted molar refractivity (Wildman–Crippen MR) is 172 cm³/mol. The van der Waals surface area contributed by atoms with Gasteiger partial charge in [-0.2, -0.15) is 0 Å². The lowest BCUT2D eigenvalue weighted by Crippen LogP contribution is -2.60. The quantitative estimate of drug-likeness (QED) is 0.240. The monoisotopic (exact) mass is 637 g/mol. The van der Waals surface area contributed by atoms with Gasteiger partial charge in [0.05, 0.1) is 30.5 Å². The Balaban J connectivity index is 2.07. The minimum Gasteiger partial charge on any atom is -0.458 e. The molecule has 3 aliphatic heterocycles. The number of esters is 1. The van der Waals surface area contributed by atoms with Gasteiger partial charge in [0, 0.05) is 23.9 Å². The summed E-state index contributed by atoms with van der Waals surface area (Å²) in [5.74, 6) is -2.73. The number of hydrogen-bond donors (Lipinski definition) is 2. The first kappa shape index (κ1) is 37.4. The minimum absolute atomic E-state index is 0.0155. The van der Waals surface area contributed by atoms with E-state index in [1.807, 2.05) is 27.7 Å². The van der Waals surface area contributed by atoms with Gasteiger partial charge >= 0.3 is 12.1 Å². The van der Waals surface area contributed by atoms with Crippen LogP contribution in [0, 0.1) is 23.7 Å². The molecule has 258 valence electrons. The fourth-order valence-corrected chi connectivity index (χ4v) is 7.65. The normalized spacial score (nSPS) is 43.8. The van der Waals surface area contributed by atoms with Crippen LogP contribution in [0.4, 0.5) is 4.79 Å². The Morgan fingerprint density at radius 3 is 2.36 bits per heavy atom. The molecule has 3 saturated heterocycles. The average Bonchev–Trinajstić information content (AvgIpc) is 3.30. The standard InChI is InChI=1S/C34H59N3O8/c1-13-15-41-33(9)17-19(3)18-35-24(8)28-34(10,45-32(40)36-28)26(14-2)43-30(39)23(7)27(38)22(6)29(33)44-31-21(5)25(37(11)12)16-20(4)42-31/h13,19-26,28-29,31,35H,1,14-18H2,2-12H3,(H,36,40)/t19-,20?,21?,22+,23-,24-,25?,26-,28-,29-,31+,33-,34-/m1/s1. The van der Waals surface area contributed by atoms with Crippen molar-refractivity contribution in [2.45, 2.75) is 136 Å². The second-order valence-corrected chi connectivity index (χ2v) is 14.4. The maximum absolute atomic E-state index is 14.2. The molecule has 0 spiro atoms. The highest BCUT2D eigenvalue weighted by molar-refractivity contribution is 6.00. The summed E-state index contributed by atoms with van der Waals surface area (Å²) in [6.07, 6.45) is 0.792. The van der Waals surface area contributed by atoms with E-state index in [1.54, 1.807) is 26.8 Å². The van der Waals surface area contributed by atoms with Crippen molar-refractivity contribution >= 4 is 17.8 Å². The van der Waals surface area contributed by atoms with Crippen molar-refractivity contribution in [3.05, 3.63) is 12.7 Å². The van der Waals surface area contributed by atoms with Gasteiger partial charge in [-0.05, 0) is 80.4 Å². The number of hydrogen-bond acceptors (Lipinski definition) is 10. The number of cyclic esters (lactones) is 1. The van der Waals surface area contributed by atoms with E-state index >= 15 is 0 Å². The molecule has 0 bridgehead atoms. The van der Waals surface area contributed by atoms with E-state index < -0.39 is 59.6 Å². The number of fused-ring (bicyclic) bond motifs is 1. The maximum atomic E-state index is 14.2. The van der Waals surface area contributed by atoms with Gasteiger partial charge in [-0.3, -0.25) is 9.59 Å². The first-order valence-corrected chi connectivity index (χ1v) is 16.7. The summed E-state index contributed by atoms with van der Waals surface area (Å²) in [4.78, 5) is 42.5. The molecule has 0 aromatic carbocycles. The van der Waals surface area contributed by atoms with E-state index in [0.717, 1.165) is 6.42 Å². The second kappa shape index (κ2) is 15.2. The van der Waals surface area contributed by atoms with Gasteiger partial charge in [-0.15, -0.1) is 6.58 Å². The van der Waals surface area contributed by atoms with Gasteiger partial charge in [0.15, 0.2) is 17.7 Å². The molecule has 3 unspecified atom stereocenters.